The van der Waals surface area contributed by atoms with Crippen LogP contribution in [0.3, 0.4) is 0 Å². The molecule has 0 aromatic heterocycles. The van der Waals surface area contributed by atoms with Gasteiger partial charge < -0.3 is 13.9 Å². The van der Waals surface area contributed by atoms with Gasteiger partial charge in [-0.25, -0.2) is 0 Å². The van der Waals surface area contributed by atoms with Crippen molar-refractivity contribution in [2.24, 2.45) is 0 Å². The van der Waals surface area contributed by atoms with E-state index in [4.69, 9.17) is 4.52 Å². The monoisotopic (exact) mass is 402 g/mol. The highest BCUT2D eigenvalue weighted by atomic mass is 31.2. The minimum absolute atomic E-state index is 0.508. The van der Waals surface area contributed by atoms with Crippen LogP contribution in [-0.4, -0.2) is 12.1 Å². The highest BCUT2D eigenvalue weighted by Gasteiger charge is 2.49. The molecule has 2 atom stereocenters. The highest BCUT2D eigenvalue weighted by Crippen LogP contribution is 2.61. The average Bonchev–Trinajstić information content (AvgIpc) is 3.13. The van der Waals surface area contributed by atoms with Crippen LogP contribution in [0.5, 0.6) is 0 Å². The number of benzene rings is 3. The molecule has 0 radical (unpaired) electrons. The van der Waals surface area contributed by atoms with Crippen LogP contribution in [0.2, 0.25) is 0 Å². The zero-order valence-corrected chi connectivity index (χ0v) is 17.5. The minimum atomic E-state index is -0.932. The molecule has 3 nitrogen and oxygen atoms in total. The first-order chi connectivity index (χ1) is 14.4. The first-order valence-electron chi connectivity index (χ1n) is 10.6. The molecule has 1 saturated heterocycles. The minimum Gasteiger partial charge on any atom is -0.318 e. The topological polar surface area (TPSA) is 15.7 Å². The molecule has 0 bridgehead atoms. The molecule has 0 amide bonds. The summed E-state index contributed by atoms with van der Waals surface area (Å²) < 4.78 is 11.9. The van der Waals surface area contributed by atoms with Gasteiger partial charge in [-0.15, -0.1) is 0 Å². The van der Waals surface area contributed by atoms with Gasteiger partial charge in [-0.05, 0) is 42.7 Å². The summed E-state index contributed by atoms with van der Waals surface area (Å²) in [5.74, 6) is 0. The van der Waals surface area contributed by atoms with E-state index in [2.05, 4.69) is 100 Å². The van der Waals surface area contributed by atoms with Crippen LogP contribution in [-0.2, 0) is 11.1 Å². The Hall–Kier alpha value is -2.35. The molecule has 29 heavy (non-hydrogen) atoms. The van der Waals surface area contributed by atoms with Gasteiger partial charge in [0.25, 0.3) is 0 Å². The van der Waals surface area contributed by atoms with Crippen molar-refractivity contribution in [1.82, 2.24) is 0 Å². The van der Waals surface area contributed by atoms with E-state index in [0.717, 1.165) is 0 Å². The fraction of sp³-hybridized carbons (Fsp3) is 0.280. The van der Waals surface area contributed by atoms with E-state index in [0.29, 0.717) is 18.7 Å². The number of hydrogen-bond acceptors (Lipinski definition) is 3. The molecule has 1 saturated carbocycles. The Labute approximate surface area is 174 Å². The molecule has 3 aromatic carbocycles. The molecule has 3 aromatic rings. The first kappa shape index (κ1) is 18.7. The molecule has 5 rings (SSSR count). The van der Waals surface area contributed by atoms with E-state index in [1.165, 1.54) is 42.6 Å². The molecule has 1 aliphatic carbocycles. The van der Waals surface area contributed by atoms with Crippen molar-refractivity contribution < 1.29 is 4.52 Å². The fourth-order valence-electron chi connectivity index (χ4n) is 4.59. The zero-order valence-electron chi connectivity index (χ0n) is 16.6. The predicted octanol–water partition coefficient (Wildman–Crippen LogP) is 6.77. The third-order valence-electron chi connectivity index (χ3n) is 5.92. The standard InChI is InChI=1S/C25H27N2OP/c1-4-12-21(13-5-1)20-28-29-26(22-14-6-2-7-15-22)24-18-10-11-19-25(24)27(29)23-16-8-3-9-17-23/h1-9,12-17,24-25H,10-11,18-20H2/t24-,25-/m0/s1. The van der Waals surface area contributed by atoms with E-state index in [1.54, 1.807) is 0 Å². The summed E-state index contributed by atoms with van der Waals surface area (Å²) in [5, 5.41) is 0. The van der Waals surface area contributed by atoms with Gasteiger partial charge in [0.05, 0.1) is 18.7 Å². The van der Waals surface area contributed by atoms with Gasteiger partial charge in [-0.1, -0.05) is 79.6 Å². The van der Waals surface area contributed by atoms with E-state index >= 15 is 0 Å². The molecule has 0 unspecified atom stereocenters. The molecule has 2 fully saturated rings. The Kier molecular flexibility index (Phi) is 5.51. The van der Waals surface area contributed by atoms with Gasteiger partial charge in [-0.2, -0.15) is 0 Å². The lowest BCUT2D eigenvalue weighted by atomic mass is 9.90. The van der Waals surface area contributed by atoms with E-state index < -0.39 is 8.45 Å². The zero-order chi connectivity index (χ0) is 19.5. The van der Waals surface area contributed by atoms with Crippen LogP contribution in [0.25, 0.3) is 0 Å². The Balaban J connectivity index is 1.53. The van der Waals surface area contributed by atoms with Crippen molar-refractivity contribution in [1.29, 1.82) is 0 Å². The summed E-state index contributed by atoms with van der Waals surface area (Å²) in [6.45, 7) is 0.638. The van der Waals surface area contributed by atoms with Gasteiger partial charge in [0, 0.05) is 11.4 Å². The Morgan fingerprint density at radius 1 is 0.655 bits per heavy atom. The largest absolute Gasteiger partial charge is 0.318 e. The first-order valence-corrected chi connectivity index (χ1v) is 11.7. The lowest BCUT2D eigenvalue weighted by molar-refractivity contribution is 0.340. The van der Waals surface area contributed by atoms with E-state index in [9.17, 15) is 0 Å². The Morgan fingerprint density at radius 3 is 1.59 bits per heavy atom. The summed E-state index contributed by atoms with van der Waals surface area (Å²) >= 11 is 0. The predicted molar refractivity (Wildman–Crippen MR) is 122 cm³/mol. The molecular formula is C25H27N2OP. The fourth-order valence-corrected chi connectivity index (χ4v) is 7.02. The number of nitrogens with zero attached hydrogens (tertiary/aromatic N) is 2. The summed E-state index contributed by atoms with van der Waals surface area (Å²) in [4.78, 5) is 0. The van der Waals surface area contributed by atoms with Crippen LogP contribution < -0.4 is 9.34 Å². The maximum Gasteiger partial charge on any atom is 0.249 e. The Bertz CT molecular complexity index is 850. The third kappa shape index (κ3) is 3.77. The van der Waals surface area contributed by atoms with Crippen LogP contribution >= 0.6 is 8.45 Å². The van der Waals surface area contributed by atoms with Gasteiger partial charge >= 0.3 is 0 Å². The smallest absolute Gasteiger partial charge is 0.249 e. The van der Waals surface area contributed by atoms with Crippen LogP contribution in [0, 0.1) is 0 Å². The molecule has 1 aliphatic heterocycles. The van der Waals surface area contributed by atoms with Crippen molar-refractivity contribution in [3.8, 4) is 0 Å². The maximum absolute atomic E-state index is 6.73. The van der Waals surface area contributed by atoms with Crippen molar-refractivity contribution >= 4 is 19.8 Å². The number of rotatable bonds is 5. The molecule has 4 heteroatoms. The summed E-state index contributed by atoms with van der Waals surface area (Å²) in [6, 6.07) is 33.3. The molecule has 148 valence electrons. The molecular weight excluding hydrogens is 375 g/mol. The second kappa shape index (κ2) is 8.57. The summed E-state index contributed by atoms with van der Waals surface area (Å²) in [7, 11) is -0.932. The van der Waals surface area contributed by atoms with Crippen LogP contribution in [0.4, 0.5) is 11.4 Å². The van der Waals surface area contributed by atoms with Crippen molar-refractivity contribution in [2.45, 2.75) is 44.4 Å². The number of hydrogen-bond donors (Lipinski definition) is 0. The van der Waals surface area contributed by atoms with Crippen molar-refractivity contribution in [2.75, 3.05) is 9.34 Å². The molecule has 0 spiro atoms. The quantitative estimate of drug-likeness (QED) is 0.438. The number of fused-ring (bicyclic) bond motifs is 1. The van der Waals surface area contributed by atoms with Gasteiger partial charge in [0.1, 0.15) is 0 Å². The molecule has 2 aliphatic rings. The van der Waals surface area contributed by atoms with E-state index in [1.807, 2.05) is 0 Å². The summed E-state index contributed by atoms with van der Waals surface area (Å²) in [5.41, 5.74) is 3.79. The SMILES string of the molecule is c1ccc(COP2N(c3ccccc3)[C@H]3CCCC[C@@H]3N2c2ccccc2)cc1. The average molecular weight is 402 g/mol. The van der Waals surface area contributed by atoms with Crippen molar-refractivity contribution in [3.63, 3.8) is 0 Å². The van der Waals surface area contributed by atoms with E-state index in [-0.39, 0.29) is 0 Å². The van der Waals surface area contributed by atoms with Crippen LogP contribution in [0.15, 0.2) is 91.0 Å². The lowest BCUT2D eigenvalue weighted by Gasteiger charge is -2.32. The second-order valence-corrected chi connectivity index (χ2v) is 9.42. The normalized spacial score (nSPS) is 21.9. The van der Waals surface area contributed by atoms with Crippen molar-refractivity contribution in [3.05, 3.63) is 96.6 Å². The molecule has 1 heterocycles. The number of para-hydroxylation sites is 2. The van der Waals surface area contributed by atoms with Crippen LogP contribution in [0.1, 0.15) is 31.2 Å². The lowest BCUT2D eigenvalue weighted by Crippen LogP contribution is -2.40. The number of anilines is 2. The summed E-state index contributed by atoms with van der Waals surface area (Å²) in [6.07, 6.45) is 5.07. The third-order valence-corrected chi connectivity index (χ3v) is 8.07. The maximum atomic E-state index is 6.73. The Morgan fingerprint density at radius 2 is 1.10 bits per heavy atom. The van der Waals surface area contributed by atoms with Gasteiger partial charge in [0.15, 0.2) is 0 Å². The highest BCUT2D eigenvalue weighted by molar-refractivity contribution is 7.56. The molecule has 0 N–H and O–H groups in total. The van der Waals surface area contributed by atoms with Gasteiger partial charge in [-0.3, -0.25) is 0 Å². The van der Waals surface area contributed by atoms with Gasteiger partial charge in [0.2, 0.25) is 8.45 Å². The second-order valence-electron chi connectivity index (χ2n) is 7.79.